The van der Waals surface area contributed by atoms with Crippen LogP contribution >= 0.6 is 0 Å². The van der Waals surface area contributed by atoms with E-state index in [1.165, 1.54) is 0 Å². The summed E-state index contributed by atoms with van der Waals surface area (Å²) in [5.74, 6) is 5.22. The number of methoxy groups -OCH3 is 1. The zero-order chi connectivity index (χ0) is 8.69. The Labute approximate surface area is 67.9 Å². The Morgan fingerprint density at radius 1 is 1.73 bits per heavy atom. The molecule has 0 aromatic carbocycles. The summed E-state index contributed by atoms with van der Waals surface area (Å²) in [6.07, 6.45) is 2.82. The van der Waals surface area contributed by atoms with Gasteiger partial charge in [-0.25, -0.2) is 0 Å². The molecule has 64 valence electrons. The van der Waals surface area contributed by atoms with Gasteiger partial charge in [0.25, 0.3) is 0 Å². The van der Waals surface area contributed by atoms with Crippen LogP contribution in [-0.4, -0.2) is 13.7 Å². The molecule has 0 aromatic heterocycles. The van der Waals surface area contributed by atoms with Gasteiger partial charge in [-0.15, -0.1) is 0 Å². The second kappa shape index (κ2) is 5.95. The summed E-state index contributed by atoms with van der Waals surface area (Å²) in [6, 6.07) is 0. The molecule has 0 bridgehead atoms. The molecule has 0 radical (unpaired) electrons. The third-order valence-electron chi connectivity index (χ3n) is 1.32. The van der Waals surface area contributed by atoms with E-state index in [9.17, 15) is 0 Å². The van der Waals surface area contributed by atoms with Gasteiger partial charge < -0.3 is 10.2 Å². The van der Waals surface area contributed by atoms with Crippen LogP contribution in [0.3, 0.4) is 0 Å². The molecule has 3 nitrogen and oxygen atoms in total. The predicted octanol–water partition coefficient (Wildman–Crippen LogP) is 0.946. The van der Waals surface area contributed by atoms with Gasteiger partial charge in [0.15, 0.2) is 0 Å². The number of hydrazine groups is 1. The third kappa shape index (κ3) is 4.58. The molecule has 0 aliphatic heterocycles. The molecule has 0 heterocycles. The highest BCUT2D eigenvalue weighted by Gasteiger charge is 1.92. The molecule has 0 atom stereocenters. The van der Waals surface area contributed by atoms with Gasteiger partial charge in [0, 0.05) is 7.11 Å². The third-order valence-corrected chi connectivity index (χ3v) is 1.32. The first kappa shape index (κ1) is 10.2. The van der Waals surface area contributed by atoms with Gasteiger partial charge in [0.05, 0.1) is 12.3 Å². The maximum Gasteiger partial charge on any atom is 0.0872 e. The SMILES string of the molecule is C=C(/C=C(/COC)NN)CC. The molecule has 0 saturated heterocycles. The smallest absolute Gasteiger partial charge is 0.0872 e. The van der Waals surface area contributed by atoms with Crippen molar-refractivity contribution in [1.29, 1.82) is 0 Å². The highest BCUT2D eigenvalue weighted by Crippen LogP contribution is 2.01. The largest absolute Gasteiger partial charge is 0.378 e. The minimum atomic E-state index is 0.496. The average Bonchev–Trinajstić information content (AvgIpc) is 2.03. The van der Waals surface area contributed by atoms with Gasteiger partial charge in [0.2, 0.25) is 0 Å². The van der Waals surface area contributed by atoms with E-state index in [1.807, 2.05) is 13.0 Å². The molecule has 3 heteroatoms. The fraction of sp³-hybridized carbons (Fsp3) is 0.500. The number of allylic oxidation sites excluding steroid dienone is 2. The van der Waals surface area contributed by atoms with Crippen LogP contribution in [0.1, 0.15) is 13.3 Å². The van der Waals surface area contributed by atoms with Gasteiger partial charge in [-0.05, 0) is 12.5 Å². The molecule has 0 aromatic rings. The molecular weight excluding hydrogens is 140 g/mol. The van der Waals surface area contributed by atoms with Crippen molar-refractivity contribution >= 4 is 0 Å². The molecule has 0 fully saturated rings. The van der Waals surface area contributed by atoms with Crippen LogP contribution in [0.4, 0.5) is 0 Å². The van der Waals surface area contributed by atoms with Crippen molar-refractivity contribution in [2.75, 3.05) is 13.7 Å². The van der Waals surface area contributed by atoms with Gasteiger partial charge >= 0.3 is 0 Å². The second-order valence-corrected chi connectivity index (χ2v) is 2.26. The van der Waals surface area contributed by atoms with E-state index in [0.717, 1.165) is 17.7 Å². The molecule has 3 N–H and O–H groups in total. The van der Waals surface area contributed by atoms with Gasteiger partial charge in [-0.3, -0.25) is 5.84 Å². The molecule has 0 rings (SSSR count). The lowest BCUT2D eigenvalue weighted by Crippen LogP contribution is -2.24. The van der Waals surface area contributed by atoms with Crippen LogP contribution in [0.5, 0.6) is 0 Å². The Morgan fingerprint density at radius 3 is 2.73 bits per heavy atom. The lowest BCUT2D eigenvalue weighted by molar-refractivity contribution is 0.220. The van der Waals surface area contributed by atoms with Crippen molar-refractivity contribution in [2.45, 2.75) is 13.3 Å². The van der Waals surface area contributed by atoms with Crippen molar-refractivity contribution in [3.8, 4) is 0 Å². The molecule has 0 amide bonds. The van der Waals surface area contributed by atoms with E-state index in [1.54, 1.807) is 7.11 Å². The molecule has 0 aliphatic carbocycles. The average molecular weight is 156 g/mol. The summed E-state index contributed by atoms with van der Waals surface area (Å²) in [4.78, 5) is 0. The maximum atomic E-state index is 5.22. The molecular formula is C8H16N2O. The van der Waals surface area contributed by atoms with Crippen LogP contribution in [0.15, 0.2) is 23.9 Å². The molecule has 0 aliphatic rings. The van der Waals surface area contributed by atoms with Crippen LogP contribution in [0, 0.1) is 0 Å². The highest BCUT2D eigenvalue weighted by atomic mass is 16.5. The Hall–Kier alpha value is -0.800. The Balaban J connectivity index is 3.99. The van der Waals surface area contributed by atoms with Gasteiger partial charge in [-0.1, -0.05) is 19.1 Å². The Bertz CT molecular complexity index is 152. The van der Waals surface area contributed by atoms with E-state index in [2.05, 4.69) is 12.0 Å². The van der Waals surface area contributed by atoms with Gasteiger partial charge in [-0.2, -0.15) is 0 Å². The highest BCUT2D eigenvalue weighted by molar-refractivity contribution is 5.19. The zero-order valence-electron chi connectivity index (χ0n) is 7.18. The standard InChI is InChI=1S/C8H16N2O/c1-4-7(2)5-8(10-9)6-11-3/h5,10H,2,4,6,9H2,1,3H3/b8-5-. The maximum absolute atomic E-state index is 5.22. The molecule has 11 heavy (non-hydrogen) atoms. The summed E-state index contributed by atoms with van der Waals surface area (Å²) < 4.78 is 4.89. The van der Waals surface area contributed by atoms with Crippen molar-refractivity contribution in [3.05, 3.63) is 23.9 Å². The van der Waals surface area contributed by atoms with Crippen molar-refractivity contribution in [3.63, 3.8) is 0 Å². The lowest BCUT2D eigenvalue weighted by Gasteiger charge is -2.04. The van der Waals surface area contributed by atoms with Crippen molar-refractivity contribution in [1.82, 2.24) is 5.43 Å². The number of ether oxygens (including phenoxy) is 1. The monoisotopic (exact) mass is 156 g/mol. The summed E-state index contributed by atoms with van der Waals surface area (Å²) in [5, 5.41) is 0. The summed E-state index contributed by atoms with van der Waals surface area (Å²) in [6.45, 7) is 6.35. The van der Waals surface area contributed by atoms with E-state index >= 15 is 0 Å². The first-order valence-electron chi connectivity index (χ1n) is 3.58. The van der Waals surface area contributed by atoms with Crippen LogP contribution in [0.2, 0.25) is 0 Å². The second-order valence-electron chi connectivity index (χ2n) is 2.26. The number of nitrogens with two attached hydrogens (primary N) is 1. The summed E-state index contributed by atoms with van der Waals surface area (Å²) >= 11 is 0. The van der Waals surface area contributed by atoms with Crippen LogP contribution in [-0.2, 0) is 4.74 Å². The number of rotatable bonds is 5. The molecule has 0 spiro atoms. The van der Waals surface area contributed by atoms with Crippen molar-refractivity contribution in [2.24, 2.45) is 5.84 Å². The van der Waals surface area contributed by atoms with E-state index in [0.29, 0.717) is 6.61 Å². The summed E-state index contributed by atoms with van der Waals surface area (Å²) in [7, 11) is 1.62. The minimum Gasteiger partial charge on any atom is -0.378 e. The fourth-order valence-electron chi connectivity index (χ4n) is 0.629. The normalized spacial score (nSPS) is 11.4. The number of nitrogens with one attached hydrogen (secondary N) is 1. The Kier molecular flexibility index (Phi) is 5.51. The van der Waals surface area contributed by atoms with Crippen molar-refractivity contribution < 1.29 is 4.74 Å². The van der Waals surface area contributed by atoms with E-state index < -0.39 is 0 Å². The topological polar surface area (TPSA) is 47.3 Å². The summed E-state index contributed by atoms with van der Waals surface area (Å²) in [5.41, 5.74) is 4.43. The van der Waals surface area contributed by atoms with E-state index in [-0.39, 0.29) is 0 Å². The number of hydrogen-bond donors (Lipinski definition) is 2. The quantitative estimate of drug-likeness (QED) is 0.354. The predicted molar refractivity (Wildman–Crippen MR) is 46.7 cm³/mol. The van der Waals surface area contributed by atoms with Gasteiger partial charge in [0.1, 0.15) is 0 Å². The van der Waals surface area contributed by atoms with E-state index in [4.69, 9.17) is 10.6 Å². The first-order chi connectivity index (χ1) is 5.24. The molecule has 0 unspecified atom stereocenters. The zero-order valence-corrected chi connectivity index (χ0v) is 7.18. The minimum absolute atomic E-state index is 0.496. The number of hydrogen-bond acceptors (Lipinski definition) is 3. The first-order valence-corrected chi connectivity index (χ1v) is 3.58. The van der Waals surface area contributed by atoms with Crippen LogP contribution < -0.4 is 11.3 Å². The van der Waals surface area contributed by atoms with Crippen LogP contribution in [0.25, 0.3) is 0 Å². The molecule has 0 saturated carbocycles. The lowest BCUT2D eigenvalue weighted by atomic mass is 10.2. The fourth-order valence-corrected chi connectivity index (χ4v) is 0.629. The Morgan fingerprint density at radius 2 is 2.36 bits per heavy atom.